The van der Waals surface area contributed by atoms with E-state index in [-0.39, 0.29) is 0 Å². The SMILES string of the molecule is CCc1ncc(C2CCC2)cc1C=O. The van der Waals surface area contributed by atoms with Gasteiger partial charge in [-0.1, -0.05) is 13.3 Å². The summed E-state index contributed by atoms with van der Waals surface area (Å²) < 4.78 is 0. The third kappa shape index (κ3) is 1.57. The van der Waals surface area contributed by atoms with Gasteiger partial charge in [-0.3, -0.25) is 9.78 Å². The van der Waals surface area contributed by atoms with Gasteiger partial charge in [0.05, 0.1) is 5.69 Å². The first kappa shape index (κ1) is 9.38. The van der Waals surface area contributed by atoms with E-state index in [2.05, 4.69) is 4.98 Å². The van der Waals surface area contributed by atoms with Crippen molar-refractivity contribution in [2.24, 2.45) is 0 Å². The molecule has 0 unspecified atom stereocenters. The van der Waals surface area contributed by atoms with Crippen molar-refractivity contribution in [3.63, 3.8) is 0 Å². The molecule has 0 saturated heterocycles. The van der Waals surface area contributed by atoms with Crippen molar-refractivity contribution in [1.29, 1.82) is 0 Å². The smallest absolute Gasteiger partial charge is 0.151 e. The van der Waals surface area contributed by atoms with Crippen LogP contribution < -0.4 is 0 Å². The second-order valence-corrected chi connectivity index (χ2v) is 3.90. The minimum atomic E-state index is 0.659. The minimum absolute atomic E-state index is 0.659. The lowest BCUT2D eigenvalue weighted by atomic mass is 9.80. The Morgan fingerprint density at radius 3 is 2.86 bits per heavy atom. The second-order valence-electron chi connectivity index (χ2n) is 3.90. The largest absolute Gasteiger partial charge is 0.298 e. The summed E-state index contributed by atoms with van der Waals surface area (Å²) in [6.07, 6.45) is 7.52. The third-order valence-corrected chi connectivity index (χ3v) is 3.06. The van der Waals surface area contributed by atoms with Crippen molar-refractivity contribution in [2.75, 3.05) is 0 Å². The molecule has 1 aliphatic rings. The van der Waals surface area contributed by atoms with Crippen molar-refractivity contribution in [3.8, 4) is 0 Å². The average Bonchev–Trinajstić information content (AvgIpc) is 2.15. The lowest BCUT2D eigenvalue weighted by Gasteiger charge is -2.25. The quantitative estimate of drug-likeness (QED) is 0.684. The minimum Gasteiger partial charge on any atom is -0.298 e. The Bertz CT molecular complexity index is 342. The van der Waals surface area contributed by atoms with Crippen molar-refractivity contribution in [2.45, 2.75) is 38.5 Å². The predicted octanol–water partition coefficient (Wildman–Crippen LogP) is 2.72. The van der Waals surface area contributed by atoms with Crippen LogP contribution in [0.5, 0.6) is 0 Å². The first-order valence-corrected chi connectivity index (χ1v) is 5.29. The molecule has 0 N–H and O–H groups in total. The lowest BCUT2D eigenvalue weighted by molar-refractivity contribution is 0.112. The van der Waals surface area contributed by atoms with Gasteiger partial charge in [-0.2, -0.15) is 0 Å². The van der Waals surface area contributed by atoms with Crippen LogP contribution in [-0.2, 0) is 6.42 Å². The van der Waals surface area contributed by atoms with Gasteiger partial charge in [0.15, 0.2) is 6.29 Å². The molecule has 1 saturated carbocycles. The molecule has 0 bridgehead atoms. The molecule has 0 radical (unpaired) electrons. The summed E-state index contributed by atoms with van der Waals surface area (Å²) in [5.74, 6) is 0.659. The highest BCUT2D eigenvalue weighted by atomic mass is 16.1. The van der Waals surface area contributed by atoms with E-state index in [0.29, 0.717) is 5.92 Å². The topological polar surface area (TPSA) is 30.0 Å². The first-order valence-electron chi connectivity index (χ1n) is 5.29. The van der Waals surface area contributed by atoms with E-state index in [4.69, 9.17) is 0 Å². The van der Waals surface area contributed by atoms with Crippen LogP contribution in [0.15, 0.2) is 12.3 Å². The van der Waals surface area contributed by atoms with Crippen molar-refractivity contribution < 1.29 is 4.79 Å². The number of carbonyl (C=O) groups is 1. The van der Waals surface area contributed by atoms with Crippen LogP contribution in [0, 0.1) is 0 Å². The van der Waals surface area contributed by atoms with Crippen molar-refractivity contribution in [3.05, 3.63) is 29.1 Å². The van der Waals surface area contributed by atoms with E-state index >= 15 is 0 Å². The molecule has 0 atom stereocenters. The maximum absolute atomic E-state index is 10.8. The van der Waals surface area contributed by atoms with E-state index < -0.39 is 0 Å². The highest BCUT2D eigenvalue weighted by Gasteiger charge is 2.20. The Kier molecular flexibility index (Phi) is 2.62. The molecule has 2 nitrogen and oxygen atoms in total. The Labute approximate surface area is 84.4 Å². The summed E-state index contributed by atoms with van der Waals surface area (Å²) in [5, 5.41) is 0. The van der Waals surface area contributed by atoms with Gasteiger partial charge in [0, 0.05) is 11.8 Å². The molecule has 1 aliphatic carbocycles. The third-order valence-electron chi connectivity index (χ3n) is 3.06. The summed E-state index contributed by atoms with van der Waals surface area (Å²) in [4.78, 5) is 15.2. The van der Waals surface area contributed by atoms with Crippen LogP contribution in [0.1, 0.15) is 53.7 Å². The van der Waals surface area contributed by atoms with Crippen LogP contribution in [-0.4, -0.2) is 11.3 Å². The zero-order chi connectivity index (χ0) is 9.97. The zero-order valence-corrected chi connectivity index (χ0v) is 8.49. The average molecular weight is 189 g/mol. The number of hydrogen-bond acceptors (Lipinski definition) is 2. The fourth-order valence-electron chi connectivity index (χ4n) is 1.89. The van der Waals surface area contributed by atoms with Gasteiger partial charge in [0.1, 0.15) is 0 Å². The highest BCUT2D eigenvalue weighted by molar-refractivity contribution is 5.76. The molecular formula is C12H15NO. The molecule has 0 aliphatic heterocycles. The van der Waals surface area contributed by atoms with E-state index in [1.165, 1.54) is 24.8 Å². The lowest BCUT2D eigenvalue weighted by Crippen LogP contribution is -2.10. The fourth-order valence-corrected chi connectivity index (χ4v) is 1.89. The summed E-state index contributed by atoms with van der Waals surface area (Å²) in [5.41, 5.74) is 2.94. The number of hydrogen-bond donors (Lipinski definition) is 0. The van der Waals surface area contributed by atoms with Crippen LogP contribution in [0.3, 0.4) is 0 Å². The Balaban J connectivity index is 2.30. The Hall–Kier alpha value is -1.18. The summed E-state index contributed by atoms with van der Waals surface area (Å²) >= 11 is 0. The normalized spacial score (nSPS) is 16.4. The van der Waals surface area contributed by atoms with E-state index in [1.54, 1.807) is 0 Å². The molecule has 14 heavy (non-hydrogen) atoms. The zero-order valence-electron chi connectivity index (χ0n) is 8.49. The molecule has 2 rings (SSSR count). The standard InChI is InChI=1S/C12H15NO/c1-2-12-11(8-14)6-10(7-13-12)9-4-3-5-9/h6-9H,2-5H2,1H3. The van der Waals surface area contributed by atoms with Gasteiger partial charge >= 0.3 is 0 Å². The second kappa shape index (κ2) is 3.91. The fraction of sp³-hybridized carbons (Fsp3) is 0.500. The van der Waals surface area contributed by atoms with Gasteiger partial charge < -0.3 is 0 Å². The molecule has 2 heteroatoms. The number of carbonyl (C=O) groups excluding carboxylic acids is 1. The first-order chi connectivity index (χ1) is 6.85. The number of rotatable bonds is 3. The summed E-state index contributed by atoms with van der Waals surface area (Å²) in [6, 6.07) is 2.02. The summed E-state index contributed by atoms with van der Waals surface area (Å²) in [6.45, 7) is 2.03. The number of nitrogens with zero attached hydrogens (tertiary/aromatic N) is 1. The van der Waals surface area contributed by atoms with Gasteiger partial charge in [-0.15, -0.1) is 0 Å². The van der Waals surface area contributed by atoms with Crippen LogP contribution in [0.25, 0.3) is 0 Å². The van der Waals surface area contributed by atoms with Gasteiger partial charge in [0.25, 0.3) is 0 Å². The Morgan fingerprint density at radius 1 is 1.57 bits per heavy atom. The predicted molar refractivity (Wildman–Crippen MR) is 55.6 cm³/mol. The Morgan fingerprint density at radius 2 is 2.36 bits per heavy atom. The molecular weight excluding hydrogens is 174 g/mol. The van der Waals surface area contributed by atoms with Crippen LogP contribution in [0.4, 0.5) is 0 Å². The molecule has 0 spiro atoms. The number of pyridine rings is 1. The van der Waals surface area contributed by atoms with Gasteiger partial charge in [0.2, 0.25) is 0 Å². The van der Waals surface area contributed by atoms with Crippen LogP contribution >= 0.6 is 0 Å². The summed E-state index contributed by atoms with van der Waals surface area (Å²) in [7, 11) is 0. The molecule has 0 amide bonds. The van der Waals surface area contributed by atoms with E-state index in [0.717, 1.165) is 24.0 Å². The molecule has 1 heterocycles. The van der Waals surface area contributed by atoms with Gasteiger partial charge in [-0.05, 0) is 36.8 Å². The highest BCUT2D eigenvalue weighted by Crippen LogP contribution is 2.36. The van der Waals surface area contributed by atoms with Gasteiger partial charge in [-0.25, -0.2) is 0 Å². The van der Waals surface area contributed by atoms with E-state index in [1.807, 2.05) is 19.2 Å². The molecule has 74 valence electrons. The van der Waals surface area contributed by atoms with Crippen molar-refractivity contribution >= 4 is 6.29 Å². The maximum Gasteiger partial charge on any atom is 0.151 e. The number of aryl methyl sites for hydroxylation is 1. The molecule has 1 aromatic rings. The van der Waals surface area contributed by atoms with E-state index in [9.17, 15) is 4.79 Å². The van der Waals surface area contributed by atoms with Crippen molar-refractivity contribution in [1.82, 2.24) is 4.98 Å². The molecule has 0 aromatic carbocycles. The molecule has 1 aromatic heterocycles. The molecule has 1 fully saturated rings. The monoisotopic (exact) mass is 189 g/mol. The number of aldehydes is 1. The number of aromatic nitrogens is 1. The maximum atomic E-state index is 10.8. The van der Waals surface area contributed by atoms with Crippen LogP contribution in [0.2, 0.25) is 0 Å².